The van der Waals surface area contributed by atoms with Gasteiger partial charge in [-0.05, 0) is 49.2 Å². The Kier molecular flexibility index (Phi) is 6.60. The molecular formula is C19H29BrO. The summed E-state index contributed by atoms with van der Waals surface area (Å²) in [5.41, 5.74) is 2.69. The highest BCUT2D eigenvalue weighted by Gasteiger charge is 2.29. The highest BCUT2D eigenvalue weighted by Crippen LogP contribution is 2.38. The van der Waals surface area contributed by atoms with E-state index >= 15 is 0 Å². The summed E-state index contributed by atoms with van der Waals surface area (Å²) in [4.78, 5) is 0. The fraction of sp³-hybridized carbons (Fsp3) is 0.684. The van der Waals surface area contributed by atoms with E-state index < -0.39 is 0 Å². The average Bonchev–Trinajstić information content (AvgIpc) is 2.71. The lowest BCUT2D eigenvalue weighted by Crippen LogP contribution is -2.24. The minimum Gasteiger partial charge on any atom is -0.493 e. The molecule has 0 bridgehead atoms. The summed E-state index contributed by atoms with van der Waals surface area (Å²) in [5, 5.41) is 0.923. The lowest BCUT2D eigenvalue weighted by molar-refractivity contribution is 0.109. The zero-order valence-corrected chi connectivity index (χ0v) is 15.1. The summed E-state index contributed by atoms with van der Waals surface area (Å²) in [6.45, 7) is 9.36. The first-order valence-corrected chi connectivity index (χ1v) is 9.47. The molecule has 2 rings (SSSR count). The molecule has 0 spiro atoms. The second kappa shape index (κ2) is 8.22. The maximum atomic E-state index is 6.02. The highest BCUT2D eigenvalue weighted by molar-refractivity contribution is 9.09. The minimum atomic E-state index is 0.688. The van der Waals surface area contributed by atoms with Gasteiger partial charge in [0.15, 0.2) is 0 Å². The van der Waals surface area contributed by atoms with E-state index in [0.717, 1.165) is 36.0 Å². The van der Waals surface area contributed by atoms with Gasteiger partial charge in [0.05, 0.1) is 6.61 Å². The number of halogens is 1. The van der Waals surface area contributed by atoms with Crippen molar-refractivity contribution >= 4 is 15.9 Å². The molecule has 0 aromatic heterocycles. The van der Waals surface area contributed by atoms with Crippen LogP contribution in [0.3, 0.4) is 0 Å². The smallest absolute Gasteiger partial charge is 0.121 e. The van der Waals surface area contributed by atoms with Crippen molar-refractivity contribution in [3.05, 3.63) is 35.6 Å². The van der Waals surface area contributed by atoms with Crippen molar-refractivity contribution in [3.63, 3.8) is 0 Å². The number of alkyl halides is 1. The highest BCUT2D eigenvalue weighted by atomic mass is 79.9. The van der Waals surface area contributed by atoms with Crippen LogP contribution in [0.2, 0.25) is 0 Å². The van der Waals surface area contributed by atoms with Crippen molar-refractivity contribution in [2.24, 2.45) is 17.8 Å². The van der Waals surface area contributed by atoms with Gasteiger partial charge in [-0.25, -0.2) is 0 Å². The molecule has 0 aromatic rings. The van der Waals surface area contributed by atoms with Crippen LogP contribution in [-0.4, -0.2) is 11.9 Å². The predicted molar refractivity (Wildman–Crippen MR) is 94.6 cm³/mol. The summed E-state index contributed by atoms with van der Waals surface area (Å²) < 4.78 is 6.02. The van der Waals surface area contributed by atoms with Crippen LogP contribution in [0.4, 0.5) is 0 Å². The first-order chi connectivity index (χ1) is 10.1. The molecule has 118 valence electrons. The Morgan fingerprint density at radius 1 is 1.29 bits per heavy atom. The summed E-state index contributed by atoms with van der Waals surface area (Å²) in [7, 11) is 0. The molecule has 0 N–H and O–H groups in total. The predicted octanol–water partition coefficient (Wildman–Crippen LogP) is 6.02. The normalized spacial score (nSPS) is 31.6. The van der Waals surface area contributed by atoms with E-state index in [-0.39, 0.29) is 0 Å². The number of rotatable bonds is 4. The van der Waals surface area contributed by atoms with Gasteiger partial charge in [-0.3, -0.25) is 0 Å². The van der Waals surface area contributed by atoms with Crippen LogP contribution in [0.1, 0.15) is 52.4 Å². The van der Waals surface area contributed by atoms with Crippen molar-refractivity contribution < 1.29 is 4.74 Å². The summed E-state index contributed by atoms with van der Waals surface area (Å²) in [6.07, 6.45) is 12.3. The Morgan fingerprint density at radius 2 is 2.10 bits per heavy atom. The van der Waals surface area contributed by atoms with Gasteiger partial charge in [-0.1, -0.05) is 66.8 Å². The zero-order chi connectivity index (χ0) is 15.2. The van der Waals surface area contributed by atoms with E-state index in [1.165, 1.54) is 43.3 Å². The molecule has 21 heavy (non-hydrogen) atoms. The van der Waals surface area contributed by atoms with Gasteiger partial charge in [0, 0.05) is 5.33 Å². The van der Waals surface area contributed by atoms with Gasteiger partial charge in [0.25, 0.3) is 0 Å². The number of hydrogen-bond donors (Lipinski definition) is 0. The van der Waals surface area contributed by atoms with Crippen LogP contribution in [-0.2, 0) is 4.74 Å². The van der Waals surface area contributed by atoms with Crippen LogP contribution in [0.25, 0.3) is 0 Å². The van der Waals surface area contributed by atoms with Gasteiger partial charge < -0.3 is 4.74 Å². The molecule has 0 aromatic carbocycles. The fourth-order valence-corrected chi connectivity index (χ4v) is 3.84. The zero-order valence-electron chi connectivity index (χ0n) is 13.5. The molecule has 1 aliphatic carbocycles. The molecule has 3 atom stereocenters. The van der Waals surface area contributed by atoms with Crippen molar-refractivity contribution in [2.75, 3.05) is 11.9 Å². The number of ether oxygens (including phenoxy) is 1. The Labute approximate surface area is 138 Å². The van der Waals surface area contributed by atoms with Gasteiger partial charge in [0.2, 0.25) is 0 Å². The lowest BCUT2D eigenvalue weighted by Gasteiger charge is -2.31. The molecule has 3 unspecified atom stereocenters. The van der Waals surface area contributed by atoms with Crippen LogP contribution < -0.4 is 0 Å². The Morgan fingerprint density at radius 3 is 2.81 bits per heavy atom. The van der Waals surface area contributed by atoms with E-state index in [1.54, 1.807) is 0 Å². The standard InChI is InChI=1S/C19H29BrO/c1-4-19-17(10-15(3)12-20)11-18(13-21-19)16-7-5-6-14(2)8-9-16/h4,10,14,16,18H,1,5-9,11-13H2,2-3H3/b15-10-. The van der Waals surface area contributed by atoms with E-state index in [1.807, 2.05) is 6.08 Å². The third kappa shape index (κ3) is 4.74. The molecule has 1 heterocycles. The summed E-state index contributed by atoms with van der Waals surface area (Å²) in [6, 6.07) is 0. The molecule has 0 radical (unpaired) electrons. The molecular weight excluding hydrogens is 324 g/mol. The average molecular weight is 353 g/mol. The monoisotopic (exact) mass is 352 g/mol. The number of allylic oxidation sites excluding steroid dienone is 4. The Hall–Kier alpha value is -0.500. The lowest BCUT2D eigenvalue weighted by atomic mass is 9.80. The topological polar surface area (TPSA) is 9.23 Å². The maximum absolute atomic E-state index is 6.02. The minimum absolute atomic E-state index is 0.688. The van der Waals surface area contributed by atoms with Gasteiger partial charge in [0.1, 0.15) is 5.76 Å². The molecule has 1 fully saturated rings. The van der Waals surface area contributed by atoms with E-state index in [9.17, 15) is 0 Å². The third-order valence-electron chi connectivity index (χ3n) is 5.04. The van der Waals surface area contributed by atoms with Crippen LogP contribution in [0.15, 0.2) is 35.6 Å². The second-order valence-electron chi connectivity index (χ2n) is 6.87. The number of hydrogen-bond acceptors (Lipinski definition) is 1. The molecule has 2 aliphatic rings. The van der Waals surface area contributed by atoms with Gasteiger partial charge in [-0.2, -0.15) is 0 Å². The van der Waals surface area contributed by atoms with Crippen LogP contribution in [0.5, 0.6) is 0 Å². The van der Waals surface area contributed by atoms with Gasteiger partial charge >= 0.3 is 0 Å². The van der Waals surface area contributed by atoms with Crippen molar-refractivity contribution in [2.45, 2.75) is 52.4 Å². The summed E-state index contributed by atoms with van der Waals surface area (Å²) >= 11 is 3.53. The Bertz CT molecular complexity index is 421. The van der Waals surface area contributed by atoms with E-state index in [0.29, 0.717) is 5.92 Å². The van der Waals surface area contributed by atoms with E-state index in [2.05, 4.69) is 42.4 Å². The van der Waals surface area contributed by atoms with Gasteiger partial charge in [-0.15, -0.1) is 0 Å². The van der Waals surface area contributed by atoms with E-state index in [4.69, 9.17) is 4.74 Å². The van der Waals surface area contributed by atoms with Crippen LogP contribution >= 0.6 is 15.9 Å². The van der Waals surface area contributed by atoms with Crippen molar-refractivity contribution in [3.8, 4) is 0 Å². The first-order valence-electron chi connectivity index (χ1n) is 8.35. The molecule has 2 heteroatoms. The first kappa shape index (κ1) is 16.9. The molecule has 1 nitrogen and oxygen atoms in total. The third-order valence-corrected chi connectivity index (χ3v) is 5.92. The summed E-state index contributed by atoms with van der Waals surface area (Å²) in [5.74, 6) is 3.43. The van der Waals surface area contributed by atoms with Crippen molar-refractivity contribution in [1.82, 2.24) is 0 Å². The quantitative estimate of drug-likeness (QED) is 0.443. The maximum Gasteiger partial charge on any atom is 0.121 e. The van der Waals surface area contributed by atoms with Crippen LogP contribution in [0, 0.1) is 17.8 Å². The largest absolute Gasteiger partial charge is 0.493 e. The van der Waals surface area contributed by atoms with Crippen molar-refractivity contribution in [1.29, 1.82) is 0 Å². The fourth-order valence-electron chi connectivity index (χ4n) is 3.68. The second-order valence-corrected chi connectivity index (χ2v) is 7.43. The molecule has 1 saturated carbocycles. The SMILES string of the molecule is C=CC1=C(/C=C(/C)CBr)CC(C2CCCC(C)CC2)CO1. The molecule has 0 saturated heterocycles. The molecule has 0 amide bonds. The Balaban J connectivity index is 2.08. The molecule has 1 aliphatic heterocycles.